The van der Waals surface area contributed by atoms with E-state index >= 15 is 0 Å². The minimum Gasteiger partial charge on any atom is -0.480 e. The molecule has 0 aliphatic heterocycles. The number of nitrogens with one attached hydrogen (secondary N) is 1. The number of carboxylic acids is 1. The average molecular weight is 743 g/mol. The minimum atomic E-state index is -1.01. The van der Waals surface area contributed by atoms with Gasteiger partial charge in [0.1, 0.15) is 12.1 Å². The maximum atomic E-state index is 12.8. The summed E-state index contributed by atoms with van der Waals surface area (Å²) in [5.41, 5.74) is 5.48. The highest BCUT2D eigenvalue weighted by Crippen LogP contribution is 2.19. The predicted molar refractivity (Wildman–Crippen MR) is 225 cm³/mol. The van der Waals surface area contributed by atoms with E-state index in [2.05, 4.69) is 67.8 Å². The number of nitrogens with two attached hydrogens (primary N) is 1. The van der Waals surface area contributed by atoms with Crippen molar-refractivity contribution in [3.8, 4) is 0 Å². The topological polar surface area (TPSA) is 119 Å². The molecule has 0 heterocycles. The maximum absolute atomic E-state index is 12.8. The van der Waals surface area contributed by atoms with Crippen LogP contribution in [0.15, 0.2) is 48.6 Å². The number of ether oxygens (including phenoxy) is 1. The molecule has 4 N–H and O–H groups in total. The molecule has 0 aromatic rings. The van der Waals surface area contributed by atoms with Crippen molar-refractivity contribution in [3.05, 3.63) is 48.6 Å². The van der Waals surface area contributed by atoms with E-state index in [-0.39, 0.29) is 18.0 Å². The lowest BCUT2D eigenvalue weighted by atomic mass is 10.0. The molecule has 306 valence electrons. The molecule has 0 aliphatic rings. The Balaban J connectivity index is 4.43. The Hall–Kier alpha value is -2.67. The molecular formula is C46H82N2O5. The summed E-state index contributed by atoms with van der Waals surface area (Å²) in [6, 6.07) is -0.862. The van der Waals surface area contributed by atoms with Gasteiger partial charge in [-0.25, -0.2) is 4.79 Å². The first-order valence-electron chi connectivity index (χ1n) is 22.0. The summed E-state index contributed by atoms with van der Waals surface area (Å²) in [5.74, 6) is -1.31. The van der Waals surface area contributed by atoms with Crippen molar-refractivity contribution in [1.29, 1.82) is 0 Å². The van der Waals surface area contributed by atoms with Crippen molar-refractivity contribution in [2.45, 2.75) is 219 Å². The monoisotopic (exact) mass is 743 g/mol. The summed E-state index contributed by atoms with van der Waals surface area (Å²) in [5, 5.41) is 11.9. The van der Waals surface area contributed by atoms with Gasteiger partial charge in [0.05, 0.1) is 0 Å². The number of carbonyl (C=O) groups excluding carboxylic acids is 2. The third kappa shape index (κ3) is 37.4. The van der Waals surface area contributed by atoms with Gasteiger partial charge >= 0.3 is 11.9 Å². The fraction of sp³-hybridized carbons (Fsp3) is 0.761. The first-order chi connectivity index (χ1) is 25.9. The maximum Gasteiger partial charge on any atom is 0.326 e. The van der Waals surface area contributed by atoms with Crippen LogP contribution >= 0.6 is 0 Å². The van der Waals surface area contributed by atoms with Crippen LogP contribution in [0.2, 0.25) is 0 Å². The molecule has 0 rings (SSSR count). The number of unbranched alkanes of at least 4 members (excludes halogenated alkanes) is 17. The summed E-state index contributed by atoms with van der Waals surface area (Å²) in [4.78, 5) is 36.3. The van der Waals surface area contributed by atoms with E-state index in [1.54, 1.807) is 0 Å². The van der Waals surface area contributed by atoms with Crippen molar-refractivity contribution < 1.29 is 24.2 Å². The molecule has 2 unspecified atom stereocenters. The van der Waals surface area contributed by atoms with Crippen LogP contribution < -0.4 is 11.1 Å². The Kier molecular flexibility index (Phi) is 38.5. The zero-order valence-electron chi connectivity index (χ0n) is 34.4. The van der Waals surface area contributed by atoms with Gasteiger partial charge < -0.3 is 20.9 Å². The third-order valence-electron chi connectivity index (χ3n) is 9.67. The van der Waals surface area contributed by atoms with E-state index in [1.165, 1.54) is 83.5 Å². The molecule has 0 saturated carbocycles. The number of carboxylic acid groups (broad SMARTS) is 1. The number of carbonyl (C=O) groups is 3. The van der Waals surface area contributed by atoms with Crippen LogP contribution in [0, 0.1) is 0 Å². The molecule has 7 heteroatoms. The van der Waals surface area contributed by atoms with E-state index < -0.39 is 12.0 Å². The fourth-order valence-electron chi connectivity index (χ4n) is 6.41. The molecule has 2 atom stereocenters. The summed E-state index contributed by atoms with van der Waals surface area (Å²) in [6.45, 7) is 4.83. The second-order valence-corrected chi connectivity index (χ2v) is 14.7. The highest BCUT2D eigenvalue weighted by Gasteiger charge is 2.19. The third-order valence-corrected chi connectivity index (χ3v) is 9.67. The van der Waals surface area contributed by atoms with Gasteiger partial charge in [0.25, 0.3) is 0 Å². The van der Waals surface area contributed by atoms with Crippen LogP contribution in [0.3, 0.4) is 0 Å². The van der Waals surface area contributed by atoms with Crippen LogP contribution in [0.25, 0.3) is 0 Å². The Morgan fingerprint density at radius 3 is 1.49 bits per heavy atom. The lowest BCUT2D eigenvalue weighted by Crippen LogP contribution is -2.40. The van der Waals surface area contributed by atoms with Gasteiger partial charge in [0, 0.05) is 12.8 Å². The molecule has 7 nitrogen and oxygen atoms in total. The highest BCUT2D eigenvalue weighted by molar-refractivity contribution is 5.83. The van der Waals surface area contributed by atoms with Gasteiger partial charge in [0.2, 0.25) is 5.91 Å². The molecule has 0 bridgehead atoms. The average Bonchev–Trinajstić information content (AvgIpc) is 3.14. The molecule has 0 fully saturated rings. The number of amides is 1. The molecule has 0 spiro atoms. The SMILES string of the molecule is CC/C=C\C/C=C\C/C=C\C/C=C\CCC(=O)OC(CCCCCCCCCCCCCCCC)CCCCCCCC(=O)NC(CCCN)C(=O)O. The van der Waals surface area contributed by atoms with Crippen molar-refractivity contribution in [3.63, 3.8) is 0 Å². The van der Waals surface area contributed by atoms with Crippen LogP contribution in [0.1, 0.15) is 206 Å². The molecule has 0 radical (unpaired) electrons. The van der Waals surface area contributed by atoms with E-state index in [1.807, 2.05) is 0 Å². The summed E-state index contributed by atoms with van der Waals surface area (Å²) in [7, 11) is 0. The van der Waals surface area contributed by atoms with Crippen molar-refractivity contribution in [2.75, 3.05) is 6.54 Å². The molecule has 53 heavy (non-hydrogen) atoms. The molecular weight excluding hydrogens is 661 g/mol. The number of allylic oxidation sites excluding steroid dienone is 8. The summed E-state index contributed by atoms with van der Waals surface area (Å²) >= 11 is 0. The Morgan fingerprint density at radius 2 is 1.02 bits per heavy atom. The van der Waals surface area contributed by atoms with Gasteiger partial charge in [-0.05, 0) is 83.6 Å². The second kappa shape index (κ2) is 40.5. The molecule has 0 aliphatic carbocycles. The smallest absolute Gasteiger partial charge is 0.326 e. The number of esters is 1. The van der Waals surface area contributed by atoms with Gasteiger partial charge in [-0.15, -0.1) is 0 Å². The van der Waals surface area contributed by atoms with Crippen LogP contribution in [-0.2, 0) is 19.1 Å². The lowest BCUT2D eigenvalue weighted by Gasteiger charge is -2.18. The standard InChI is InChI=1S/C46H82N2O5/c1-3-5-7-9-11-13-15-17-19-20-22-24-27-31-36-42(37-32-28-26-29-33-39-44(49)48-43(46(51)52)38-35-41-47)53-45(50)40-34-30-25-23-21-18-16-14-12-10-8-6-4-2/h6,8,12,14,18,21,25,30,42-43H,3-5,7,9-11,13,15-17,19-20,22-24,26-29,31-41,47H2,1-2H3,(H,48,49)(H,51,52)/b8-6-,14-12-,21-18-,30-25-. The van der Waals surface area contributed by atoms with E-state index in [4.69, 9.17) is 10.5 Å². The van der Waals surface area contributed by atoms with E-state index in [0.29, 0.717) is 38.6 Å². The largest absolute Gasteiger partial charge is 0.480 e. The van der Waals surface area contributed by atoms with Gasteiger partial charge in [-0.1, -0.05) is 165 Å². The predicted octanol–water partition coefficient (Wildman–Crippen LogP) is 12.4. The van der Waals surface area contributed by atoms with Gasteiger partial charge in [-0.3, -0.25) is 9.59 Å². The Bertz CT molecular complexity index is 973. The molecule has 1 amide bonds. The molecule has 0 aromatic carbocycles. The Labute approximate surface area is 326 Å². The Morgan fingerprint density at radius 1 is 0.566 bits per heavy atom. The molecule has 0 aromatic heterocycles. The van der Waals surface area contributed by atoms with Crippen molar-refractivity contribution in [1.82, 2.24) is 5.32 Å². The lowest BCUT2D eigenvalue weighted by molar-refractivity contribution is -0.149. The van der Waals surface area contributed by atoms with Crippen LogP contribution in [-0.4, -0.2) is 41.6 Å². The van der Waals surface area contributed by atoms with Crippen LogP contribution in [0.4, 0.5) is 0 Å². The van der Waals surface area contributed by atoms with Crippen LogP contribution in [0.5, 0.6) is 0 Å². The quantitative estimate of drug-likeness (QED) is 0.0328. The summed E-state index contributed by atoms with van der Waals surface area (Å²) in [6.07, 6.45) is 48.8. The second-order valence-electron chi connectivity index (χ2n) is 14.7. The highest BCUT2D eigenvalue weighted by atomic mass is 16.5. The molecule has 0 saturated heterocycles. The van der Waals surface area contributed by atoms with Gasteiger partial charge in [-0.2, -0.15) is 0 Å². The zero-order chi connectivity index (χ0) is 38.9. The summed E-state index contributed by atoms with van der Waals surface area (Å²) < 4.78 is 6.01. The fourth-order valence-corrected chi connectivity index (χ4v) is 6.41. The first kappa shape index (κ1) is 50.3. The first-order valence-corrected chi connectivity index (χ1v) is 22.0. The zero-order valence-corrected chi connectivity index (χ0v) is 34.4. The minimum absolute atomic E-state index is 0.0236. The number of aliphatic carboxylic acids is 1. The number of hydrogen-bond donors (Lipinski definition) is 3. The van der Waals surface area contributed by atoms with Gasteiger partial charge in [0.15, 0.2) is 0 Å². The van der Waals surface area contributed by atoms with E-state index in [0.717, 1.165) is 77.0 Å². The number of rotatable bonds is 39. The van der Waals surface area contributed by atoms with Crippen molar-refractivity contribution in [2.24, 2.45) is 5.73 Å². The van der Waals surface area contributed by atoms with Crippen molar-refractivity contribution >= 4 is 17.8 Å². The number of hydrogen-bond acceptors (Lipinski definition) is 5. The normalized spacial score (nSPS) is 13.1. The van der Waals surface area contributed by atoms with E-state index in [9.17, 15) is 19.5 Å².